The van der Waals surface area contributed by atoms with E-state index in [1.807, 2.05) is 0 Å². The predicted molar refractivity (Wildman–Crippen MR) is 44.2 cm³/mol. The van der Waals surface area contributed by atoms with Gasteiger partial charge in [0.2, 0.25) is 6.43 Å². The van der Waals surface area contributed by atoms with Crippen molar-refractivity contribution in [2.45, 2.75) is 12.3 Å². The van der Waals surface area contributed by atoms with Crippen molar-refractivity contribution in [2.75, 3.05) is 6.54 Å². The molecule has 1 aromatic heterocycles. The van der Waals surface area contributed by atoms with Crippen LogP contribution < -0.4 is 5.73 Å². The Balaban J connectivity index is 2.80. The molecule has 0 saturated carbocycles. The molecule has 2 nitrogen and oxygen atoms in total. The zero-order valence-electron chi connectivity index (χ0n) is 6.14. The van der Waals surface area contributed by atoms with Gasteiger partial charge in [-0.2, -0.15) is 0 Å². The highest BCUT2D eigenvalue weighted by atomic mass is 79.9. The van der Waals surface area contributed by atoms with Crippen LogP contribution in [0.25, 0.3) is 0 Å². The molecular formula is C7H8BrF2NO. The van der Waals surface area contributed by atoms with Gasteiger partial charge < -0.3 is 10.2 Å². The van der Waals surface area contributed by atoms with Gasteiger partial charge in [-0.25, -0.2) is 8.78 Å². The molecule has 0 saturated heterocycles. The highest BCUT2D eigenvalue weighted by molar-refractivity contribution is 9.10. The van der Waals surface area contributed by atoms with E-state index >= 15 is 0 Å². The molecule has 1 rings (SSSR count). The highest BCUT2D eigenvalue weighted by Crippen LogP contribution is 2.26. The number of halogens is 3. The summed E-state index contributed by atoms with van der Waals surface area (Å²) in [5.41, 5.74) is 5.16. The summed E-state index contributed by atoms with van der Waals surface area (Å²) in [6, 6.07) is 1.50. The monoisotopic (exact) mass is 239 g/mol. The average Bonchev–Trinajstić information content (AvgIpc) is 2.37. The van der Waals surface area contributed by atoms with Crippen LogP contribution in [0.5, 0.6) is 0 Å². The Morgan fingerprint density at radius 1 is 1.58 bits per heavy atom. The summed E-state index contributed by atoms with van der Waals surface area (Å²) < 4.78 is 30.0. The minimum atomic E-state index is -2.48. The first-order valence-corrected chi connectivity index (χ1v) is 4.16. The molecule has 0 aliphatic rings. The van der Waals surface area contributed by atoms with Crippen LogP contribution in [0.3, 0.4) is 0 Å². The van der Waals surface area contributed by atoms with Gasteiger partial charge in [-0.05, 0) is 22.0 Å². The van der Waals surface area contributed by atoms with E-state index in [0.717, 1.165) is 0 Å². The molecule has 0 fully saturated rings. The third-order valence-electron chi connectivity index (χ3n) is 1.51. The van der Waals surface area contributed by atoms with E-state index in [1.165, 1.54) is 12.3 Å². The number of nitrogens with two attached hydrogens (primary N) is 1. The van der Waals surface area contributed by atoms with Crippen molar-refractivity contribution in [3.05, 3.63) is 22.6 Å². The van der Waals surface area contributed by atoms with Crippen LogP contribution in [0.4, 0.5) is 8.78 Å². The van der Waals surface area contributed by atoms with E-state index in [1.54, 1.807) is 0 Å². The molecule has 0 bridgehead atoms. The van der Waals surface area contributed by atoms with E-state index in [2.05, 4.69) is 15.9 Å². The standard InChI is InChI=1S/C7H8BrF2NO/c8-4-1-6(12-3-4)5(2-11)7(9)10/h1,3,5,7H,2,11H2. The Bertz CT molecular complexity index is 251. The van der Waals surface area contributed by atoms with Crippen molar-refractivity contribution in [3.63, 3.8) is 0 Å². The molecule has 0 aliphatic heterocycles. The van der Waals surface area contributed by atoms with Crippen LogP contribution in [-0.2, 0) is 0 Å². The summed E-state index contributed by atoms with van der Waals surface area (Å²) in [4.78, 5) is 0. The third kappa shape index (κ3) is 2.04. The lowest BCUT2D eigenvalue weighted by molar-refractivity contribution is 0.107. The number of hydrogen-bond acceptors (Lipinski definition) is 2. The van der Waals surface area contributed by atoms with E-state index in [4.69, 9.17) is 10.2 Å². The molecule has 0 spiro atoms. The summed E-state index contributed by atoms with van der Waals surface area (Å²) in [5, 5.41) is 0. The molecule has 0 radical (unpaired) electrons. The van der Waals surface area contributed by atoms with Crippen molar-refractivity contribution in [2.24, 2.45) is 5.73 Å². The molecule has 12 heavy (non-hydrogen) atoms. The molecule has 0 aliphatic carbocycles. The first kappa shape index (κ1) is 9.67. The number of furan rings is 1. The normalized spacial score (nSPS) is 13.8. The second kappa shape index (κ2) is 4.00. The van der Waals surface area contributed by atoms with Crippen LogP contribution in [0.2, 0.25) is 0 Å². The van der Waals surface area contributed by atoms with Crippen LogP contribution in [0.1, 0.15) is 11.7 Å². The van der Waals surface area contributed by atoms with Crippen molar-refractivity contribution in [1.82, 2.24) is 0 Å². The second-order valence-electron chi connectivity index (χ2n) is 2.34. The predicted octanol–water partition coefficient (Wildman–Crippen LogP) is 2.35. The van der Waals surface area contributed by atoms with E-state index in [0.29, 0.717) is 4.47 Å². The van der Waals surface area contributed by atoms with Crippen molar-refractivity contribution >= 4 is 15.9 Å². The van der Waals surface area contributed by atoms with Crippen LogP contribution in [0, 0.1) is 0 Å². The maximum atomic E-state index is 12.2. The minimum Gasteiger partial charge on any atom is -0.468 e. The fourth-order valence-electron chi connectivity index (χ4n) is 0.866. The summed E-state index contributed by atoms with van der Waals surface area (Å²) in [6.45, 7) is -0.113. The molecule has 1 aromatic rings. The Kier molecular flexibility index (Phi) is 3.22. The summed E-state index contributed by atoms with van der Waals surface area (Å²) in [7, 11) is 0. The SMILES string of the molecule is NCC(c1cc(Br)co1)C(F)F. The first-order chi connectivity index (χ1) is 5.65. The van der Waals surface area contributed by atoms with Gasteiger partial charge >= 0.3 is 0 Å². The number of hydrogen-bond donors (Lipinski definition) is 1. The molecule has 68 valence electrons. The molecule has 0 amide bonds. The Morgan fingerprint density at radius 2 is 2.25 bits per heavy atom. The summed E-state index contributed by atoms with van der Waals surface area (Å²) >= 11 is 3.10. The average molecular weight is 240 g/mol. The highest BCUT2D eigenvalue weighted by Gasteiger charge is 2.23. The molecule has 1 unspecified atom stereocenters. The van der Waals surface area contributed by atoms with E-state index in [9.17, 15) is 8.78 Å². The maximum absolute atomic E-state index is 12.2. The number of rotatable bonds is 3. The Morgan fingerprint density at radius 3 is 2.58 bits per heavy atom. The second-order valence-corrected chi connectivity index (χ2v) is 3.26. The van der Waals surface area contributed by atoms with Crippen molar-refractivity contribution in [3.8, 4) is 0 Å². The zero-order valence-corrected chi connectivity index (χ0v) is 7.72. The van der Waals surface area contributed by atoms with Crippen LogP contribution in [-0.4, -0.2) is 13.0 Å². The quantitative estimate of drug-likeness (QED) is 0.880. The van der Waals surface area contributed by atoms with Gasteiger partial charge in [0.15, 0.2) is 0 Å². The lowest BCUT2D eigenvalue weighted by Crippen LogP contribution is -2.18. The Hall–Kier alpha value is -0.420. The van der Waals surface area contributed by atoms with Gasteiger partial charge in [0, 0.05) is 6.54 Å². The third-order valence-corrected chi connectivity index (χ3v) is 1.93. The first-order valence-electron chi connectivity index (χ1n) is 3.37. The van der Waals surface area contributed by atoms with Gasteiger partial charge in [0.25, 0.3) is 0 Å². The van der Waals surface area contributed by atoms with E-state index < -0.39 is 12.3 Å². The molecule has 5 heteroatoms. The van der Waals surface area contributed by atoms with Crippen molar-refractivity contribution < 1.29 is 13.2 Å². The lowest BCUT2D eigenvalue weighted by Gasteiger charge is -2.09. The molecule has 0 aromatic carbocycles. The number of alkyl halides is 2. The molecule has 1 heterocycles. The van der Waals surface area contributed by atoms with Gasteiger partial charge in [-0.3, -0.25) is 0 Å². The molecule has 1 atom stereocenters. The maximum Gasteiger partial charge on any atom is 0.249 e. The van der Waals surface area contributed by atoms with Crippen LogP contribution in [0.15, 0.2) is 21.2 Å². The molecular weight excluding hydrogens is 232 g/mol. The smallest absolute Gasteiger partial charge is 0.249 e. The van der Waals surface area contributed by atoms with E-state index in [-0.39, 0.29) is 12.3 Å². The van der Waals surface area contributed by atoms with Gasteiger partial charge in [0.1, 0.15) is 12.0 Å². The lowest BCUT2D eigenvalue weighted by atomic mass is 10.1. The molecule has 2 N–H and O–H groups in total. The fraction of sp³-hybridized carbons (Fsp3) is 0.429. The van der Waals surface area contributed by atoms with Crippen LogP contribution >= 0.6 is 15.9 Å². The van der Waals surface area contributed by atoms with Gasteiger partial charge in [-0.15, -0.1) is 0 Å². The topological polar surface area (TPSA) is 39.2 Å². The largest absolute Gasteiger partial charge is 0.468 e. The van der Waals surface area contributed by atoms with Gasteiger partial charge in [-0.1, -0.05) is 0 Å². The summed E-state index contributed by atoms with van der Waals surface area (Å²) in [5.74, 6) is -0.782. The summed E-state index contributed by atoms with van der Waals surface area (Å²) in [6.07, 6.45) is -1.12. The van der Waals surface area contributed by atoms with Gasteiger partial charge in [0.05, 0.1) is 10.4 Å². The zero-order chi connectivity index (χ0) is 9.14. The Labute approximate surface area is 76.9 Å². The van der Waals surface area contributed by atoms with Crippen molar-refractivity contribution in [1.29, 1.82) is 0 Å². The fourth-order valence-corrected chi connectivity index (χ4v) is 1.18. The minimum absolute atomic E-state index is 0.113.